The molecule has 6 heteroatoms. The molecule has 1 aliphatic carbocycles. The van der Waals surface area contributed by atoms with Crippen molar-refractivity contribution >= 4 is 11.8 Å². The maximum Gasteiger partial charge on any atom is 0.254 e. The number of fused-ring (bicyclic) bond motifs is 3. The van der Waals surface area contributed by atoms with Gasteiger partial charge in [-0.25, -0.2) is 0 Å². The Morgan fingerprint density at radius 2 is 1.82 bits per heavy atom. The molecular formula is C28H32N2O4. The number of amides is 2. The second-order valence-corrected chi connectivity index (χ2v) is 10.3. The minimum atomic E-state index is -0.0478. The lowest BCUT2D eigenvalue weighted by atomic mass is 9.71. The summed E-state index contributed by atoms with van der Waals surface area (Å²) >= 11 is 0. The van der Waals surface area contributed by atoms with E-state index in [0.717, 1.165) is 49.4 Å². The number of nitrogens with zero attached hydrogens (tertiary/aromatic N) is 2. The Bertz CT molecular complexity index is 1140. The zero-order chi connectivity index (χ0) is 23.3. The number of hydrogen-bond acceptors (Lipinski definition) is 4. The van der Waals surface area contributed by atoms with Crippen LogP contribution in [-0.2, 0) is 16.8 Å². The van der Waals surface area contributed by atoms with Gasteiger partial charge < -0.3 is 19.3 Å². The van der Waals surface area contributed by atoms with Gasteiger partial charge in [-0.2, -0.15) is 0 Å². The molecule has 1 spiro atoms. The van der Waals surface area contributed by atoms with Gasteiger partial charge in [0.1, 0.15) is 13.2 Å². The highest BCUT2D eigenvalue weighted by molar-refractivity contribution is 5.95. The molecule has 0 aromatic heterocycles. The summed E-state index contributed by atoms with van der Waals surface area (Å²) in [5.41, 5.74) is 4.22. The normalized spacial score (nSPS) is 22.9. The fourth-order valence-electron chi connectivity index (χ4n) is 6.41. The van der Waals surface area contributed by atoms with Crippen LogP contribution in [-0.4, -0.2) is 47.9 Å². The van der Waals surface area contributed by atoms with Gasteiger partial charge in [0.25, 0.3) is 5.91 Å². The second kappa shape index (κ2) is 8.33. The highest BCUT2D eigenvalue weighted by Gasteiger charge is 2.46. The van der Waals surface area contributed by atoms with E-state index in [9.17, 15) is 9.59 Å². The van der Waals surface area contributed by atoms with E-state index in [1.165, 1.54) is 24.0 Å². The zero-order valence-corrected chi connectivity index (χ0v) is 19.8. The van der Waals surface area contributed by atoms with Crippen LogP contribution >= 0.6 is 0 Å². The molecule has 6 rings (SSSR count). The molecular weight excluding hydrogens is 428 g/mol. The summed E-state index contributed by atoms with van der Waals surface area (Å²) in [7, 11) is 0. The van der Waals surface area contributed by atoms with Gasteiger partial charge in [0.2, 0.25) is 5.91 Å². The molecule has 0 N–H and O–H groups in total. The van der Waals surface area contributed by atoms with Crippen molar-refractivity contribution in [2.24, 2.45) is 0 Å². The lowest BCUT2D eigenvalue weighted by molar-refractivity contribution is -0.128. The summed E-state index contributed by atoms with van der Waals surface area (Å²) in [6, 6.07) is 12.1. The van der Waals surface area contributed by atoms with Gasteiger partial charge in [0.05, 0.1) is 6.04 Å². The first-order valence-electron chi connectivity index (χ1n) is 12.7. The third kappa shape index (κ3) is 3.55. The van der Waals surface area contributed by atoms with Crippen molar-refractivity contribution in [2.45, 2.75) is 63.5 Å². The Kier molecular flexibility index (Phi) is 5.27. The molecule has 178 valence electrons. The quantitative estimate of drug-likeness (QED) is 0.671. The maximum atomic E-state index is 13.9. The fourth-order valence-corrected chi connectivity index (χ4v) is 6.41. The number of ether oxygens (including phenoxy) is 2. The van der Waals surface area contributed by atoms with Gasteiger partial charge in [0, 0.05) is 37.0 Å². The second-order valence-electron chi connectivity index (χ2n) is 10.3. The van der Waals surface area contributed by atoms with E-state index in [0.29, 0.717) is 31.7 Å². The molecule has 3 aliphatic heterocycles. The summed E-state index contributed by atoms with van der Waals surface area (Å²) in [5, 5.41) is 0. The molecule has 4 aliphatic rings. The summed E-state index contributed by atoms with van der Waals surface area (Å²) in [4.78, 5) is 29.9. The molecule has 2 aromatic rings. The monoisotopic (exact) mass is 460 g/mol. The van der Waals surface area contributed by atoms with Crippen LogP contribution < -0.4 is 9.47 Å². The largest absolute Gasteiger partial charge is 0.486 e. The van der Waals surface area contributed by atoms with Crippen LogP contribution in [0.5, 0.6) is 11.5 Å². The Hall–Kier alpha value is -3.02. The van der Waals surface area contributed by atoms with Crippen LogP contribution in [0.3, 0.4) is 0 Å². The maximum absolute atomic E-state index is 13.9. The Balaban J connectivity index is 1.33. The molecule has 6 nitrogen and oxygen atoms in total. The van der Waals surface area contributed by atoms with Crippen molar-refractivity contribution in [3.8, 4) is 11.5 Å². The lowest BCUT2D eigenvalue weighted by Crippen LogP contribution is -2.48. The van der Waals surface area contributed by atoms with Crippen molar-refractivity contribution in [2.75, 3.05) is 26.3 Å². The minimum Gasteiger partial charge on any atom is -0.486 e. The first kappa shape index (κ1) is 21.5. The van der Waals surface area contributed by atoms with Crippen LogP contribution in [0.15, 0.2) is 36.4 Å². The topological polar surface area (TPSA) is 59.1 Å². The number of carbonyl (C=O) groups is 2. The summed E-state index contributed by atoms with van der Waals surface area (Å²) in [6.07, 6.45) is 6.10. The van der Waals surface area contributed by atoms with E-state index in [-0.39, 0.29) is 23.3 Å². The van der Waals surface area contributed by atoms with Crippen LogP contribution in [0, 0.1) is 0 Å². The molecule has 2 amide bonds. The highest BCUT2D eigenvalue weighted by Crippen LogP contribution is 2.52. The molecule has 3 heterocycles. The average molecular weight is 461 g/mol. The number of hydrogen-bond donors (Lipinski definition) is 0. The minimum absolute atomic E-state index is 0.0209. The van der Waals surface area contributed by atoms with E-state index < -0.39 is 0 Å². The fraction of sp³-hybridized carbons (Fsp3) is 0.500. The molecule has 2 fully saturated rings. The van der Waals surface area contributed by atoms with E-state index in [2.05, 4.69) is 24.0 Å². The van der Waals surface area contributed by atoms with Crippen molar-refractivity contribution in [1.82, 2.24) is 9.80 Å². The van der Waals surface area contributed by atoms with Crippen molar-refractivity contribution in [3.63, 3.8) is 0 Å². The van der Waals surface area contributed by atoms with Gasteiger partial charge in [0.15, 0.2) is 11.5 Å². The molecule has 0 bridgehead atoms. The molecule has 1 saturated heterocycles. The van der Waals surface area contributed by atoms with Crippen molar-refractivity contribution < 1.29 is 19.1 Å². The smallest absolute Gasteiger partial charge is 0.254 e. The van der Waals surface area contributed by atoms with E-state index in [1.807, 2.05) is 29.2 Å². The lowest BCUT2D eigenvalue weighted by Gasteiger charge is -2.46. The molecule has 1 atom stereocenters. The molecule has 34 heavy (non-hydrogen) atoms. The summed E-state index contributed by atoms with van der Waals surface area (Å²) < 4.78 is 11.8. The number of rotatable bonds is 3. The van der Waals surface area contributed by atoms with Gasteiger partial charge >= 0.3 is 0 Å². The predicted molar refractivity (Wildman–Crippen MR) is 128 cm³/mol. The number of carbonyl (C=O) groups excluding carboxylic acids is 2. The van der Waals surface area contributed by atoms with Crippen LogP contribution in [0.2, 0.25) is 0 Å². The average Bonchev–Trinajstić information content (AvgIpc) is 3.50. The highest BCUT2D eigenvalue weighted by atomic mass is 16.6. The summed E-state index contributed by atoms with van der Waals surface area (Å²) in [5.74, 6) is 1.90. The molecule has 0 radical (unpaired) electrons. The standard InChI is InChI=1S/C28H32N2O4/c1-19-22-15-24-25(34-13-12-33-24)16-23(22)28(9-2-3-10-28)18-30(19)27(32)21-7-4-6-20(14-21)17-29-11-5-8-26(29)31/h4,6-7,14-16,19H,2-3,5,8-13,17-18H2,1H3. The van der Waals surface area contributed by atoms with E-state index in [4.69, 9.17) is 9.47 Å². The van der Waals surface area contributed by atoms with Crippen LogP contribution in [0.4, 0.5) is 0 Å². The SMILES string of the molecule is CC1c2cc3c(cc2C2(CCCC2)CN1C(=O)c1cccc(CN2CCCC2=O)c1)OCCO3. The third-order valence-corrected chi connectivity index (χ3v) is 8.22. The van der Waals surface area contributed by atoms with Crippen LogP contribution in [0.1, 0.15) is 78.5 Å². The van der Waals surface area contributed by atoms with E-state index in [1.54, 1.807) is 0 Å². The predicted octanol–water partition coefficient (Wildman–Crippen LogP) is 4.61. The molecule has 1 unspecified atom stereocenters. The van der Waals surface area contributed by atoms with Crippen molar-refractivity contribution in [3.05, 3.63) is 58.7 Å². The zero-order valence-electron chi connectivity index (χ0n) is 19.8. The molecule has 2 aromatic carbocycles. The number of likely N-dealkylation sites (tertiary alicyclic amines) is 1. The molecule has 1 saturated carbocycles. The van der Waals surface area contributed by atoms with E-state index >= 15 is 0 Å². The number of benzene rings is 2. The van der Waals surface area contributed by atoms with Gasteiger partial charge in [-0.05, 0) is 67.1 Å². The first-order valence-corrected chi connectivity index (χ1v) is 12.7. The Morgan fingerprint density at radius 3 is 2.56 bits per heavy atom. The van der Waals surface area contributed by atoms with Gasteiger partial charge in [-0.1, -0.05) is 25.0 Å². The van der Waals surface area contributed by atoms with Gasteiger partial charge in [-0.15, -0.1) is 0 Å². The first-order chi connectivity index (χ1) is 16.5. The Labute approximate surface area is 200 Å². The third-order valence-electron chi connectivity index (χ3n) is 8.22. The summed E-state index contributed by atoms with van der Waals surface area (Å²) in [6.45, 7) is 5.37. The van der Waals surface area contributed by atoms with Gasteiger partial charge in [-0.3, -0.25) is 9.59 Å². The van der Waals surface area contributed by atoms with Crippen LogP contribution in [0.25, 0.3) is 0 Å². The Morgan fingerprint density at radius 1 is 1.06 bits per heavy atom. The van der Waals surface area contributed by atoms with Crippen molar-refractivity contribution in [1.29, 1.82) is 0 Å².